The Kier molecular flexibility index (Phi) is 6.41. The SMILES string of the molecule is Cc1ccccc1OCCCC(=O)N1CCN(C(=O)c2ccccn2)CC1. The monoisotopic (exact) mass is 367 g/mol. The molecule has 0 N–H and O–H groups in total. The van der Waals surface area contributed by atoms with Crippen molar-refractivity contribution in [2.24, 2.45) is 0 Å². The molecule has 6 nitrogen and oxygen atoms in total. The van der Waals surface area contributed by atoms with Gasteiger partial charge in [0.05, 0.1) is 6.61 Å². The average Bonchev–Trinajstić information content (AvgIpc) is 2.72. The van der Waals surface area contributed by atoms with Crippen LogP contribution < -0.4 is 4.74 Å². The van der Waals surface area contributed by atoms with Gasteiger partial charge in [0.2, 0.25) is 5.91 Å². The highest BCUT2D eigenvalue weighted by molar-refractivity contribution is 5.92. The quantitative estimate of drug-likeness (QED) is 0.736. The highest BCUT2D eigenvalue weighted by Gasteiger charge is 2.25. The van der Waals surface area contributed by atoms with Crippen molar-refractivity contribution in [2.45, 2.75) is 19.8 Å². The lowest BCUT2D eigenvalue weighted by Gasteiger charge is -2.34. The first-order valence-electron chi connectivity index (χ1n) is 9.31. The molecule has 0 spiro atoms. The molecule has 0 unspecified atom stereocenters. The zero-order chi connectivity index (χ0) is 19.1. The number of hydrogen-bond donors (Lipinski definition) is 0. The fourth-order valence-electron chi connectivity index (χ4n) is 3.09. The first-order chi connectivity index (χ1) is 13.1. The Morgan fingerprint density at radius 1 is 1.00 bits per heavy atom. The number of aromatic nitrogens is 1. The number of ether oxygens (including phenoxy) is 1. The predicted octanol–water partition coefficient (Wildman–Crippen LogP) is 2.53. The van der Waals surface area contributed by atoms with Crippen molar-refractivity contribution in [3.8, 4) is 5.75 Å². The second kappa shape index (κ2) is 9.16. The molecular weight excluding hydrogens is 342 g/mol. The summed E-state index contributed by atoms with van der Waals surface area (Å²) in [5.74, 6) is 0.911. The minimum Gasteiger partial charge on any atom is -0.493 e. The molecule has 1 aliphatic heterocycles. The van der Waals surface area contributed by atoms with E-state index < -0.39 is 0 Å². The van der Waals surface area contributed by atoms with Crippen LogP contribution in [0.2, 0.25) is 0 Å². The average molecular weight is 367 g/mol. The molecule has 0 bridgehead atoms. The number of nitrogens with zero attached hydrogens (tertiary/aromatic N) is 3. The molecule has 0 atom stereocenters. The highest BCUT2D eigenvalue weighted by atomic mass is 16.5. The van der Waals surface area contributed by atoms with Crippen molar-refractivity contribution in [1.29, 1.82) is 0 Å². The summed E-state index contributed by atoms with van der Waals surface area (Å²) in [6.45, 7) is 4.74. The fourth-order valence-corrected chi connectivity index (χ4v) is 3.09. The second-order valence-corrected chi connectivity index (χ2v) is 6.61. The second-order valence-electron chi connectivity index (χ2n) is 6.61. The first-order valence-corrected chi connectivity index (χ1v) is 9.31. The molecule has 142 valence electrons. The van der Waals surface area contributed by atoms with Crippen LogP contribution in [0.1, 0.15) is 28.9 Å². The predicted molar refractivity (Wildman–Crippen MR) is 103 cm³/mol. The number of benzene rings is 1. The number of carbonyl (C=O) groups is 2. The molecular formula is C21H25N3O3. The van der Waals surface area contributed by atoms with Gasteiger partial charge in [-0.15, -0.1) is 0 Å². The van der Waals surface area contributed by atoms with E-state index in [4.69, 9.17) is 4.74 Å². The smallest absolute Gasteiger partial charge is 0.272 e. The molecule has 0 radical (unpaired) electrons. The van der Waals surface area contributed by atoms with Crippen LogP contribution >= 0.6 is 0 Å². The van der Waals surface area contributed by atoms with Crippen molar-refractivity contribution >= 4 is 11.8 Å². The van der Waals surface area contributed by atoms with Crippen LogP contribution in [0.3, 0.4) is 0 Å². The molecule has 3 rings (SSSR count). The third-order valence-corrected chi connectivity index (χ3v) is 4.69. The maximum Gasteiger partial charge on any atom is 0.272 e. The summed E-state index contributed by atoms with van der Waals surface area (Å²) in [5, 5.41) is 0. The third-order valence-electron chi connectivity index (χ3n) is 4.69. The molecule has 0 saturated carbocycles. The number of rotatable bonds is 6. The molecule has 2 amide bonds. The highest BCUT2D eigenvalue weighted by Crippen LogP contribution is 2.16. The van der Waals surface area contributed by atoms with E-state index in [1.165, 1.54) is 0 Å². The maximum atomic E-state index is 12.4. The molecule has 27 heavy (non-hydrogen) atoms. The molecule has 2 heterocycles. The Morgan fingerprint density at radius 2 is 1.70 bits per heavy atom. The van der Waals surface area contributed by atoms with Gasteiger partial charge in [0.15, 0.2) is 0 Å². The zero-order valence-electron chi connectivity index (χ0n) is 15.6. The Bertz CT molecular complexity index is 771. The largest absolute Gasteiger partial charge is 0.493 e. The fraction of sp³-hybridized carbons (Fsp3) is 0.381. The lowest BCUT2D eigenvalue weighted by molar-refractivity contribution is -0.132. The molecule has 1 saturated heterocycles. The van der Waals surface area contributed by atoms with Crippen molar-refractivity contribution < 1.29 is 14.3 Å². The van der Waals surface area contributed by atoms with E-state index in [0.29, 0.717) is 51.3 Å². The molecule has 2 aromatic rings. The molecule has 1 aliphatic rings. The number of pyridine rings is 1. The summed E-state index contributed by atoms with van der Waals surface area (Å²) < 4.78 is 5.74. The molecule has 1 fully saturated rings. The van der Waals surface area contributed by atoms with Crippen LogP contribution in [-0.4, -0.2) is 59.4 Å². The van der Waals surface area contributed by atoms with Gasteiger partial charge in [-0.3, -0.25) is 14.6 Å². The number of carbonyl (C=O) groups excluding carboxylic acids is 2. The van der Waals surface area contributed by atoms with Crippen LogP contribution in [0, 0.1) is 6.92 Å². The first kappa shape index (κ1) is 18.9. The standard InChI is InChI=1S/C21H25N3O3/c1-17-7-2-3-9-19(17)27-16-6-10-20(25)23-12-14-24(15-13-23)21(26)18-8-4-5-11-22-18/h2-5,7-9,11H,6,10,12-16H2,1H3. The zero-order valence-corrected chi connectivity index (χ0v) is 15.6. The normalized spacial score (nSPS) is 14.1. The van der Waals surface area contributed by atoms with Crippen LogP contribution in [0.4, 0.5) is 0 Å². The van der Waals surface area contributed by atoms with E-state index >= 15 is 0 Å². The summed E-state index contributed by atoms with van der Waals surface area (Å²) >= 11 is 0. The summed E-state index contributed by atoms with van der Waals surface area (Å²) in [5.41, 5.74) is 1.54. The molecule has 1 aromatic heterocycles. The van der Waals surface area contributed by atoms with Gasteiger partial charge in [-0.05, 0) is 37.1 Å². The van der Waals surface area contributed by atoms with Crippen molar-refractivity contribution in [3.63, 3.8) is 0 Å². The number of piperazine rings is 1. The van der Waals surface area contributed by atoms with Crippen LogP contribution in [0.5, 0.6) is 5.75 Å². The Hall–Kier alpha value is -2.89. The van der Waals surface area contributed by atoms with E-state index in [9.17, 15) is 9.59 Å². The van der Waals surface area contributed by atoms with E-state index in [1.807, 2.05) is 36.1 Å². The summed E-state index contributed by atoms with van der Waals surface area (Å²) in [4.78, 5) is 32.5. The van der Waals surface area contributed by atoms with Gasteiger partial charge in [-0.2, -0.15) is 0 Å². The maximum absolute atomic E-state index is 12.4. The van der Waals surface area contributed by atoms with Crippen LogP contribution in [-0.2, 0) is 4.79 Å². The van der Waals surface area contributed by atoms with E-state index in [1.54, 1.807) is 29.3 Å². The van der Waals surface area contributed by atoms with Gasteiger partial charge in [-0.1, -0.05) is 24.3 Å². The van der Waals surface area contributed by atoms with Crippen molar-refractivity contribution in [2.75, 3.05) is 32.8 Å². The Balaban J connectivity index is 1.38. The van der Waals surface area contributed by atoms with Crippen molar-refractivity contribution in [1.82, 2.24) is 14.8 Å². The van der Waals surface area contributed by atoms with Gasteiger partial charge in [-0.25, -0.2) is 0 Å². The summed E-state index contributed by atoms with van der Waals surface area (Å²) in [6, 6.07) is 13.2. The van der Waals surface area contributed by atoms with Gasteiger partial charge < -0.3 is 14.5 Å². The van der Waals surface area contributed by atoms with E-state index in [-0.39, 0.29) is 11.8 Å². The van der Waals surface area contributed by atoms with Crippen molar-refractivity contribution in [3.05, 3.63) is 59.9 Å². The van der Waals surface area contributed by atoms with Gasteiger partial charge in [0.1, 0.15) is 11.4 Å². The van der Waals surface area contributed by atoms with E-state index in [2.05, 4.69) is 4.98 Å². The minimum absolute atomic E-state index is 0.0747. The lowest BCUT2D eigenvalue weighted by atomic mass is 10.2. The number of hydrogen-bond acceptors (Lipinski definition) is 4. The molecule has 1 aromatic carbocycles. The van der Waals surface area contributed by atoms with E-state index in [0.717, 1.165) is 11.3 Å². The number of aryl methyl sites for hydroxylation is 1. The Labute approximate surface area is 159 Å². The molecule has 0 aliphatic carbocycles. The van der Waals surface area contributed by atoms with Crippen LogP contribution in [0.25, 0.3) is 0 Å². The molecule has 6 heteroatoms. The third kappa shape index (κ3) is 5.06. The van der Waals surface area contributed by atoms with Gasteiger partial charge in [0.25, 0.3) is 5.91 Å². The lowest BCUT2D eigenvalue weighted by Crippen LogP contribution is -2.50. The number of para-hydroxylation sites is 1. The Morgan fingerprint density at radius 3 is 2.41 bits per heavy atom. The minimum atomic E-state index is -0.0747. The summed E-state index contributed by atoms with van der Waals surface area (Å²) in [6.07, 6.45) is 2.76. The van der Waals surface area contributed by atoms with Crippen LogP contribution in [0.15, 0.2) is 48.7 Å². The number of amides is 2. The summed E-state index contributed by atoms with van der Waals surface area (Å²) in [7, 11) is 0. The van der Waals surface area contributed by atoms with Gasteiger partial charge >= 0.3 is 0 Å². The van der Waals surface area contributed by atoms with Gasteiger partial charge in [0, 0.05) is 38.8 Å². The topological polar surface area (TPSA) is 62.7 Å².